The number of benzene rings is 2. The summed E-state index contributed by atoms with van der Waals surface area (Å²) in [5.41, 5.74) is 0.974. The van der Waals surface area contributed by atoms with Gasteiger partial charge in [-0.05, 0) is 67.4 Å². The van der Waals surface area contributed by atoms with Crippen LogP contribution in [-0.2, 0) is 10.0 Å². The summed E-state index contributed by atoms with van der Waals surface area (Å²) in [5, 5.41) is 5.91. The van der Waals surface area contributed by atoms with Crippen LogP contribution in [0.5, 0.6) is 5.75 Å². The fourth-order valence-electron chi connectivity index (χ4n) is 4.48. The minimum Gasteiger partial charge on any atom is -0.497 e. The van der Waals surface area contributed by atoms with Crippen LogP contribution in [0.2, 0.25) is 0 Å². The molecule has 0 unspecified atom stereocenters. The predicted octanol–water partition coefficient (Wildman–Crippen LogP) is 5.53. The molecule has 0 atom stereocenters. The predicted molar refractivity (Wildman–Crippen MR) is 148 cm³/mol. The van der Waals surface area contributed by atoms with Gasteiger partial charge in [0.2, 0.25) is 15.2 Å². The minimum absolute atomic E-state index is 0.000789. The molecule has 0 spiro atoms. The average Bonchev–Trinajstić information content (AvgIpc) is 3.62. The highest BCUT2D eigenvalue weighted by molar-refractivity contribution is 7.89. The van der Waals surface area contributed by atoms with Gasteiger partial charge < -0.3 is 9.15 Å². The highest BCUT2D eigenvalue weighted by atomic mass is 32.2. The zero-order valence-corrected chi connectivity index (χ0v) is 22.7. The van der Waals surface area contributed by atoms with Gasteiger partial charge in [0.1, 0.15) is 11.5 Å². The molecular weight excluding hydrogens is 524 g/mol. The van der Waals surface area contributed by atoms with Crippen molar-refractivity contribution in [3.05, 3.63) is 72.2 Å². The lowest BCUT2D eigenvalue weighted by atomic mass is 9.96. The van der Waals surface area contributed by atoms with Crippen molar-refractivity contribution >= 4 is 48.8 Å². The molecule has 1 fully saturated rings. The van der Waals surface area contributed by atoms with Crippen molar-refractivity contribution in [3.63, 3.8) is 0 Å². The highest BCUT2D eigenvalue weighted by Crippen LogP contribution is 2.33. The van der Waals surface area contributed by atoms with Crippen molar-refractivity contribution in [2.45, 2.75) is 43.0 Å². The van der Waals surface area contributed by atoms with E-state index in [-0.39, 0.29) is 16.5 Å². The number of fused-ring (bicyclic) bond motifs is 1. The summed E-state index contributed by atoms with van der Waals surface area (Å²) >= 11 is 1.29. The number of thiazole rings is 1. The number of amides is 1. The van der Waals surface area contributed by atoms with E-state index in [4.69, 9.17) is 9.15 Å². The zero-order valence-electron chi connectivity index (χ0n) is 21.1. The standard InChI is InChI=1S/C27H28N4O5S2/c1-30(20-7-4-3-5-8-20)38(33,34)23-13-10-19(11-14-23)26(32)31(28-18-22-9-6-16-36-22)27-29-24-15-12-21(35-2)17-25(24)37-27/h6,9-18,20H,3-5,7-8H2,1-2H3/b28-18+. The van der Waals surface area contributed by atoms with E-state index in [0.717, 1.165) is 36.8 Å². The molecule has 2 heterocycles. The van der Waals surface area contributed by atoms with E-state index in [1.54, 1.807) is 32.4 Å². The molecule has 0 radical (unpaired) electrons. The summed E-state index contributed by atoms with van der Waals surface area (Å²) in [7, 11) is -0.450. The summed E-state index contributed by atoms with van der Waals surface area (Å²) in [6, 6.07) is 14.9. The molecule has 38 heavy (non-hydrogen) atoms. The van der Waals surface area contributed by atoms with E-state index in [9.17, 15) is 13.2 Å². The van der Waals surface area contributed by atoms with Gasteiger partial charge in [-0.3, -0.25) is 4.79 Å². The molecule has 198 valence electrons. The molecule has 1 saturated carbocycles. The smallest absolute Gasteiger partial charge is 0.280 e. The molecule has 0 bridgehead atoms. The van der Waals surface area contributed by atoms with Crippen LogP contribution < -0.4 is 9.75 Å². The Balaban J connectivity index is 1.44. The Hall–Kier alpha value is -3.54. The van der Waals surface area contributed by atoms with Crippen molar-refractivity contribution in [3.8, 4) is 5.75 Å². The van der Waals surface area contributed by atoms with Crippen molar-refractivity contribution in [1.29, 1.82) is 0 Å². The summed E-state index contributed by atoms with van der Waals surface area (Å²) in [6.45, 7) is 0. The van der Waals surface area contributed by atoms with Gasteiger partial charge in [-0.15, -0.1) is 0 Å². The Morgan fingerprint density at radius 1 is 1.13 bits per heavy atom. The van der Waals surface area contributed by atoms with Crippen LogP contribution in [0.4, 0.5) is 5.13 Å². The number of hydrogen-bond donors (Lipinski definition) is 0. The third kappa shape index (κ3) is 5.35. The molecule has 11 heteroatoms. The Labute approximate surface area is 225 Å². The lowest BCUT2D eigenvalue weighted by Gasteiger charge is -2.30. The number of ether oxygens (including phenoxy) is 1. The van der Waals surface area contributed by atoms with Crippen molar-refractivity contribution in [2.24, 2.45) is 5.10 Å². The first-order valence-corrected chi connectivity index (χ1v) is 14.6. The zero-order chi connectivity index (χ0) is 26.7. The molecule has 2 aromatic carbocycles. The van der Waals surface area contributed by atoms with Crippen molar-refractivity contribution < 1.29 is 22.4 Å². The van der Waals surface area contributed by atoms with E-state index in [1.165, 1.54) is 57.4 Å². The van der Waals surface area contributed by atoms with Crippen LogP contribution >= 0.6 is 11.3 Å². The maximum Gasteiger partial charge on any atom is 0.280 e. The molecule has 5 rings (SSSR count). The molecule has 2 aromatic heterocycles. The summed E-state index contributed by atoms with van der Waals surface area (Å²) in [5.74, 6) is 0.695. The van der Waals surface area contributed by atoms with Gasteiger partial charge in [0.15, 0.2) is 0 Å². The van der Waals surface area contributed by atoms with E-state index >= 15 is 0 Å². The maximum absolute atomic E-state index is 13.6. The fourth-order valence-corrected chi connectivity index (χ4v) is 6.84. The van der Waals surface area contributed by atoms with Gasteiger partial charge in [0, 0.05) is 18.7 Å². The summed E-state index contributed by atoms with van der Waals surface area (Å²) in [4.78, 5) is 18.4. The largest absolute Gasteiger partial charge is 0.497 e. The molecule has 0 N–H and O–H groups in total. The second kappa shape index (κ2) is 11.1. The summed E-state index contributed by atoms with van der Waals surface area (Å²) in [6.07, 6.45) is 7.88. The molecular formula is C27H28N4O5S2. The third-order valence-electron chi connectivity index (χ3n) is 6.67. The Morgan fingerprint density at radius 2 is 1.89 bits per heavy atom. The number of methoxy groups -OCH3 is 1. The van der Waals surface area contributed by atoms with Crippen LogP contribution in [0, 0.1) is 0 Å². The molecule has 0 saturated heterocycles. The first kappa shape index (κ1) is 26.1. The number of rotatable bonds is 8. The second-order valence-corrected chi connectivity index (χ2v) is 12.1. The van der Waals surface area contributed by atoms with Crippen LogP contribution in [0.1, 0.15) is 48.2 Å². The van der Waals surface area contributed by atoms with Gasteiger partial charge >= 0.3 is 0 Å². The topological polar surface area (TPSA) is 105 Å². The number of hydrogen-bond acceptors (Lipinski definition) is 8. The number of carbonyl (C=O) groups is 1. The quantitative estimate of drug-likeness (QED) is 0.210. The number of sulfonamides is 1. The van der Waals surface area contributed by atoms with E-state index in [0.29, 0.717) is 22.2 Å². The minimum atomic E-state index is -3.67. The average molecular weight is 553 g/mol. The number of furan rings is 1. The Kier molecular flexibility index (Phi) is 7.59. The second-order valence-electron chi connectivity index (χ2n) is 9.04. The Morgan fingerprint density at radius 3 is 2.58 bits per heavy atom. The van der Waals surface area contributed by atoms with Crippen LogP contribution in [0.3, 0.4) is 0 Å². The van der Waals surface area contributed by atoms with Crippen molar-refractivity contribution in [2.75, 3.05) is 19.2 Å². The lowest BCUT2D eigenvalue weighted by Crippen LogP contribution is -2.38. The Bertz CT molecular complexity index is 1540. The number of aromatic nitrogens is 1. The van der Waals surface area contributed by atoms with Gasteiger partial charge in [0.05, 0.1) is 34.7 Å². The fraction of sp³-hybridized carbons (Fsp3) is 0.296. The first-order chi connectivity index (χ1) is 18.4. The summed E-state index contributed by atoms with van der Waals surface area (Å²) < 4.78 is 39.4. The van der Waals surface area contributed by atoms with Gasteiger partial charge in [0.25, 0.3) is 5.91 Å². The number of hydrazone groups is 1. The van der Waals surface area contributed by atoms with Gasteiger partial charge in [-0.2, -0.15) is 14.4 Å². The first-order valence-electron chi connectivity index (χ1n) is 12.3. The molecule has 1 amide bonds. The molecule has 4 aromatic rings. The van der Waals surface area contributed by atoms with Gasteiger partial charge in [-0.25, -0.2) is 13.4 Å². The highest BCUT2D eigenvalue weighted by Gasteiger charge is 2.29. The number of carbonyl (C=O) groups excluding carboxylic acids is 1. The maximum atomic E-state index is 13.6. The molecule has 1 aliphatic carbocycles. The normalized spacial score (nSPS) is 14.9. The monoisotopic (exact) mass is 552 g/mol. The van der Waals surface area contributed by atoms with E-state index in [2.05, 4.69) is 10.1 Å². The number of anilines is 1. The third-order valence-corrected chi connectivity index (χ3v) is 9.59. The number of nitrogens with zero attached hydrogens (tertiary/aromatic N) is 4. The lowest BCUT2D eigenvalue weighted by molar-refractivity contribution is 0.0987. The molecule has 9 nitrogen and oxygen atoms in total. The molecule has 0 aliphatic heterocycles. The van der Waals surface area contributed by atoms with Gasteiger partial charge in [-0.1, -0.05) is 30.6 Å². The van der Waals surface area contributed by atoms with Crippen LogP contribution in [0.15, 0.2) is 75.3 Å². The SMILES string of the molecule is COc1ccc2nc(N(/N=C/c3ccco3)C(=O)c3ccc(S(=O)(=O)N(C)C4CCCCC4)cc3)sc2c1. The van der Waals surface area contributed by atoms with Crippen molar-refractivity contribution in [1.82, 2.24) is 9.29 Å². The molecule has 1 aliphatic rings. The van der Waals surface area contributed by atoms with Crippen LogP contribution in [-0.4, -0.2) is 50.0 Å². The van der Waals surface area contributed by atoms with E-state index in [1.807, 2.05) is 12.1 Å². The van der Waals surface area contributed by atoms with Crippen LogP contribution in [0.25, 0.3) is 10.2 Å². The van der Waals surface area contributed by atoms with E-state index < -0.39 is 15.9 Å².